The van der Waals surface area contributed by atoms with Crippen molar-refractivity contribution in [2.75, 3.05) is 14.2 Å². The van der Waals surface area contributed by atoms with Crippen molar-refractivity contribution in [3.8, 4) is 0 Å². The average molecular weight is 419 g/mol. The Morgan fingerprint density at radius 2 is 2.00 bits per heavy atom. The molecule has 0 fully saturated rings. The van der Waals surface area contributed by atoms with Crippen LogP contribution in [0.15, 0.2) is 75.6 Å². The Morgan fingerprint density at radius 3 is 2.68 bits per heavy atom. The molecule has 4 nitrogen and oxygen atoms in total. The number of ether oxygens (including phenoxy) is 1. The van der Waals surface area contributed by atoms with Crippen molar-refractivity contribution in [1.82, 2.24) is 4.67 Å². The summed E-state index contributed by atoms with van der Waals surface area (Å²) in [5.41, 5.74) is 5.28. The molecule has 0 bridgehead atoms. The molecule has 3 atom stereocenters. The Balaban J connectivity index is 1.91. The van der Waals surface area contributed by atoms with Gasteiger partial charge in [-0.25, -0.2) is 4.39 Å². The van der Waals surface area contributed by atoms with E-state index in [2.05, 4.69) is 30.7 Å². The third-order valence-corrected chi connectivity index (χ3v) is 6.42. The predicted octanol–water partition coefficient (Wildman–Crippen LogP) is 5.30. The number of halogens is 2. The number of aliphatic imine (C=N–C) groups is 1. The maximum Gasteiger partial charge on any atom is 0.166 e. The first-order valence-electron chi connectivity index (χ1n) is 9.04. The van der Waals surface area contributed by atoms with Gasteiger partial charge in [-0.3, -0.25) is 4.99 Å². The monoisotopic (exact) mass is 418 g/mol. The molecule has 2 unspecified atom stereocenters. The molecule has 4 rings (SSSR count). The van der Waals surface area contributed by atoms with E-state index < -0.39 is 0 Å². The molecule has 1 aromatic carbocycles. The fourth-order valence-electron chi connectivity index (χ4n) is 3.88. The van der Waals surface area contributed by atoms with Gasteiger partial charge in [0, 0.05) is 31.2 Å². The van der Waals surface area contributed by atoms with Crippen LogP contribution >= 0.6 is 20.6 Å². The molecule has 0 amide bonds. The van der Waals surface area contributed by atoms with Crippen LogP contribution in [-0.2, 0) is 9.03 Å². The quantitative estimate of drug-likeness (QED) is 0.625. The molecule has 0 saturated carbocycles. The molecular formula is C21H21ClFN2O2P. The van der Waals surface area contributed by atoms with Crippen LogP contribution in [-0.4, -0.2) is 30.6 Å². The smallest absolute Gasteiger partial charge is 0.166 e. The summed E-state index contributed by atoms with van der Waals surface area (Å²) in [6.07, 6.45) is 4.69. The number of benzene rings is 1. The minimum Gasteiger partial charge on any atom is -0.493 e. The third kappa shape index (κ3) is 3.38. The summed E-state index contributed by atoms with van der Waals surface area (Å²) < 4.78 is 26.3. The number of nitrogens with zero attached hydrogens (tertiary/aromatic N) is 2. The normalized spacial score (nSPS) is 25.1. The van der Waals surface area contributed by atoms with Crippen molar-refractivity contribution >= 4 is 26.3 Å². The number of fused-ring (bicyclic) bond motifs is 3. The van der Waals surface area contributed by atoms with Gasteiger partial charge >= 0.3 is 0 Å². The summed E-state index contributed by atoms with van der Waals surface area (Å²) in [4.78, 5) is 5.06. The van der Waals surface area contributed by atoms with Crippen LogP contribution in [0.3, 0.4) is 0 Å². The third-order valence-electron chi connectivity index (χ3n) is 5.26. The average Bonchev–Trinajstić information content (AvgIpc) is 2.82. The molecule has 3 aliphatic rings. The molecule has 1 aromatic rings. The highest BCUT2D eigenvalue weighted by Gasteiger charge is 2.37. The van der Waals surface area contributed by atoms with Crippen LogP contribution in [0.25, 0.3) is 0 Å². The van der Waals surface area contributed by atoms with Gasteiger partial charge in [-0.2, -0.15) is 0 Å². The van der Waals surface area contributed by atoms with E-state index in [9.17, 15) is 4.39 Å². The van der Waals surface area contributed by atoms with Gasteiger partial charge in [0.25, 0.3) is 0 Å². The SMILES string of the molecule is COC1=C(OCl)CC2C(=C1)C1=CN(C)PC=C1[C@H](C)N=C2c1ccc(F)cc1. The van der Waals surface area contributed by atoms with Gasteiger partial charge < -0.3 is 13.7 Å². The molecule has 7 heteroatoms. The molecule has 0 N–H and O–H groups in total. The zero-order valence-corrected chi connectivity index (χ0v) is 17.6. The Morgan fingerprint density at radius 1 is 1.25 bits per heavy atom. The molecule has 146 valence electrons. The number of hydrogen-bond acceptors (Lipinski definition) is 4. The van der Waals surface area contributed by atoms with Crippen LogP contribution in [0, 0.1) is 11.7 Å². The lowest BCUT2D eigenvalue weighted by Crippen LogP contribution is -2.23. The lowest BCUT2D eigenvalue weighted by atomic mass is 9.79. The molecule has 2 aliphatic heterocycles. The summed E-state index contributed by atoms with van der Waals surface area (Å²) in [7, 11) is 4.25. The Labute approximate surface area is 171 Å². The fourth-order valence-corrected chi connectivity index (χ4v) is 4.96. The maximum absolute atomic E-state index is 13.5. The fraction of sp³-hybridized carbons (Fsp3) is 0.286. The molecule has 28 heavy (non-hydrogen) atoms. The number of allylic oxidation sites excluding steroid dienone is 3. The second kappa shape index (κ2) is 7.73. The van der Waals surface area contributed by atoms with Gasteiger partial charge in [-0.05, 0) is 56.4 Å². The Bertz CT molecular complexity index is 950. The number of methoxy groups -OCH3 is 1. The second-order valence-electron chi connectivity index (χ2n) is 7.00. The predicted molar refractivity (Wildman–Crippen MR) is 112 cm³/mol. The molecule has 0 spiro atoms. The van der Waals surface area contributed by atoms with Crippen molar-refractivity contribution in [2.24, 2.45) is 10.9 Å². The topological polar surface area (TPSA) is 34.1 Å². The van der Waals surface area contributed by atoms with Gasteiger partial charge in [-0.1, -0.05) is 12.1 Å². The van der Waals surface area contributed by atoms with Gasteiger partial charge in [0.2, 0.25) is 0 Å². The van der Waals surface area contributed by atoms with E-state index in [0.717, 1.165) is 22.4 Å². The molecule has 0 radical (unpaired) electrons. The van der Waals surface area contributed by atoms with Crippen LogP contribution in [0.2, 0.25) is 0 Å². The van der Waals surface area contributed by atoms with E-state index in [1.165, 1.54) is 17.7 Å². The first-order chi connectivity index (χ1) is 13.5. The first kappa shape index (κ1) is 19.2. The van der Waals surface area contributed by atoms with Crippen molar-refractivity contribution in [3.05, 3.63) is 82.0 Å². The molecule has 1 aliphatic carbocycles. The van der Waals surface area contributed by atoms with Crippen molar-refractivity contribution in [1.29, 1.82) is 0 Å². The van der Waals surface area contributed by atoms with Crippen LogP contribution in [0.1, 0.15) is 18.9 Å². The van der Waals surface area contributed by atoms with Gasteiger partial charge in [0.15, 0.2) is 11.5 Å². The van der Waals surface area contributed by atoms with E-state index >= 15 is 0 Å². The summed E-state index contributed by atoms with van der Waals surface area (Å²) in [5.74, 6) is 3.11. The van der Waals surface area contributed by atoms with Gasteiger partial charge in [-0.15, -0.1) is 0 Å². The van der Waals surface area contributed by atoms with Crippen LogP contribution in [0.5, 0.6) is 0 Å². The summed E-state index contributed by atoms with van der Waals surface area (Å²) >= 11 is 5.74. The number of hydrogen-bond donors (Lipinski definition) is 0. The minimum atomic E-state index is -0.265. The highest BCUT2D eigenvalue weighted by atomic mass is 35.5. The number of rotatable bonds is 3. The lowest BCUT2D eigenvalue weighted by molar-refractivity contribution is 0.267. The van der Waals surface area contributed by atoms with Crippen LogP contribution in [0.4, 0.5) is 4.39 Å². The van der Waals surface area contributed by atoms with Crippen molar-refractivity contribution < 1.29 is 13.4 Å². The zero-order valence-electron chi connectivity index (χ0n) is 15.9. The van der Waals surface area contributed by atoms with Crippen molar-refractivity contribution in [3.63, 3.8) is 0 Å². The van der Waals surface area contributed by atoms with E-state index in [1.54, 1.807) is 19.2 Å². The van der Waals surface area contributed by atoms with Crippen molar-refractivity contribution in [2.45, 2.75) is 19.4 Å². The van der Waals surface area contributed by atoms with E-state index in [4.69, 9.17) is 25.9 Å². The lowest BCUT2D eigenvalue weighted by Gasteiger charge is -2.30. The van der Waals surface area contributed by atoms with E-state index in [0.29, 0.717) is 26.7 Å². The maximum atomic E-state index is 13.5. The summed E-state index contributed by atoms with van der Waals surface area (Å²) in [5, 5.41) is 0. The highest BCUT2D eigenvalue weighted by molar-refractivity contribution is 7.39. The molecule has 2 heterocycles. The van der Waals surface area contributed by atoms with E-state index in [-0.39, 0.29) is 17.8 Å². The summed E-state index contributed by atoms with van der Waals surface area (Å²) in [6.45, 7) is 2.10. The van der Waals surface area contributed by atoms with Crippen LogP contribution < -0.4 is 0 Å². The Hall–Kier alpha value is -2.10. The van der Waals surface area contributed by atoms with Gasteiger partial charge in [0.1, 0.15) is 17.7 Å². The van der Waals surface area contributed by atoms with E-state index in [1.807, 2.05) is 6.08 Å². The molecule has 0 saturated heterocycles. The first-order valence-corrected chi connectivity index (χ1v) is 10.4. The minimum absolute atomic E-state index is 0.00892. The molecular weight excluding hydrogens is 398 g/mol. The standard InChI is InChI=1S/C21H21ClFN2O2P/c1-12-18-11-28-25(2)10-17(18)15-8-19(26-3)20(27-22)9-16(15)21(24-12)13-4-6-14(23)7-5-13/h4-8,10-12,16,28H,9H2,1-3H3/t12-,16?/m0/s1. The summed E-state index contributed by atoms with van der Waals surface area (Å²) in [6, 6.07) is 6.48. The zero-order chi connectivity index (χ0) is 19.8. The molecule has 0 aromatic heterocycles. The Kier molecular flexibility index (Phi) is 5.31. The second-order valence-corrected chi connectivity index (χ2v) is 8.41. The largest absolute Gasteiger partial charge is 0.493 e. The van der Waals surface area contributed by atoms with Gasteiger partial charge in [0.05, 0.1) is 18.9 Å². The highest BCUT2D eigenvalue weighted by Crippen LogP contribution is 2.45.